The van der Waals surface area contributed by atoms with E-state index < -0.39 is 16.1 Å². The first-order valence-corrected chi connectivity index (χ1v) is 7.54. The van der Waals surface area contributed by atoms with Crippen molar-refractivity contribution in [2.45, 2.75) is 16.7 Å². The summed E-state index contributed by atoms with van der Waals surface area (Å²) in [6.07, 6.45) is -0.0131. The summed E-state index contributed by atoms with van der Waals surface area (Å²) in [7, 11) is -3.41. The fourth-order valence-corrected chi connectivity index (χ4v) is 5.45. The molecule has 1 N–H and O–H groups in total. The van der Waals surface area contributed by atoms with Gasteiger partial charge < -0.3 is 5.11 Å². The van der Waals surface area contributed by atoms with E-state index in [9.17, 15) is 13.5 Å². The van der Waals surface area contributed by atoms with Crippen LogP contribution >= 0.6 is 27.3 Å². The molecule has 0 spiro atoms. The van der Waals surface area contributed by atoms with Gasteiger partial charge in [-0.3, -0.25) is 0 Å². The molecule has 2 heterocycles. The summed E-state index contributed by atoms with van der Waals surface area (Å²) in [5.41, 5.74) is 0. The zero-order valence-electron chi connectivity index (χ0n) is 7.76. The largest absolute Gasteiger partial charge is 0.392 e. The zero-order valence-corrected chi connectivity index (χ0v) is 11.0. The average molecular weight is 312 g/mol. The number of nitrogens with zero attached hydrogens (tertiary/aromatic N) is 1. The number of aliphatic hydroxyl groups excluding tert-OH is 1. The smallest absolute Gasteiger partial charge is 0.253 e. The van der Waals surface area contributed by atoms with Crippen LogP contribution in [0.4, 0.5) is 0 Å². The lowest BCUT2D eigenvalue weighted by Crippen LogP contribution is -2.29. The molecule has 1 aromatic heterocycles. The molecule has 1 saturated heterocycles. The summed E-state index contributed by atoms with van der Waals surface area (Å²) in [5.74, 6) is 0. The van der Waals surface area contributed by atoms with Crippen LogP contribution in [0.1, 0.15) is 6.42 Å². The second-order valence-electron chi connectivity index (χ2n) is 3.36. The molecule has 7 heteroatoms. The molecule has 0 aromatic carbocycles. The summed E-state index contributed by atoms with van der Waals surface area (Å²) in [5, 5.41) is 11.0. The lowest BCUT2D eigenvalue weighted by atomic mass is 10.3. The van der Waals surface area contributed by atoms with Gasteiger partial charge in [0.25, 0.3) is 10.0 Å². The number of thiophene rings is 1. The van der Waals surface area contributed by atoms with Crippen molar-refractivity contribution in [3.63, 3.8) is 0 Å². The molecular formula is C8H10BrNO3S2. The van der Waals surface area contributed by atoms with Gasteiger partial charge in [-0.2, -0.15) is 4.31 Å². The number of rotatable bonds is 2. The van der Waals surface area contributed by atoms with Gasteiger partial charge in [-0.25, -0.2) is 8.42 Å². The normalized spacial score (nSPS) is 23.5. The highest BCUT2D eigenvalue weighted by Crippen LogP contribution is 2.31. The molecule has 0 radical (unpaired) electrons. The third kappa shape index (κ3) is 2.12. The third-order valence-corrected chi connectivity index (χ3v) is 6.80. The average Bonchev–Trinajstić information content (AvgIpc) is 2.74. The molecule has 0 aliphatic carbocycles. The Kier molecular flexibility index (Phi) is 3.18. The summed E-state index contributed by atoms with van der Waals surface area (Å²) in [4.78, 5) is 0. The Morgan fingerprint density at radius 3 is 2.80 bits per heavy atom. The number of hydrogen-bond acceptors (Lipinski definition) is 4. The summed E-state index contributed by atoms with van der Waals surface area (Å²) in [6, 6.07) is 1.71. The molecule has 1 fully saturated rings. The monoisotopic (exact) mass is 311 g/mol. The molecule has 1 aliphatic rings. The van der Waals surface area contributed by atoms with Crippen molar-refractivity contribution in [2.75, 3.05) is 13.1 Å². The molecule has 1 atom stereocenters. The minimum absolute atomic E-state index is 0.201. The molecule has 84 valence electrons. The quantitative estimate of drug-likeness (QED) is 0.894. The van der Waals surface area contributed by atoms with Crippen LogP contribution in [0.5, 0.6) is 0 Å². The van der Waals surface area contributed by atoms with Crippen LogP contribution in [0.2, 0.25) is 0 Å². The van der Waals surface area contributed by atoms with Gasteiger partial charge in [-0.1, -0.05) is 0 Å². The highest BCUT2D eigenvalue weighted by Gasteiger charge is 2.33. The van der Waals surface area contributed by atoms with Crippen molar-refractivity contribution in [2.24, 2.45) is 0 Å². The Labute approximate surface area is 101 Å². The van der Waals surface area contributed by atoms with Crippen molar-refractivity contribution in [3.8, 4) is 0 Å². The lowest BCUT2D eigenvalue weighted by molar-refractivity contribution is 0.189. The van der Waals surface area contributed by atoms with Crippen molar-refractivity contribution >= 4 is 37.3 Å². The van der Waals surface area contributed by atoms with Crippen molar-refractivity contribution in [1.29, 1.82) is 0 Å². The van der Waals surface area contributed by atoms with Gasteiger partial charge in [-0.15, -0.1) is 11.3 Å². The van der Waals surface area contributed by atoms with Gasteiger partial charge in [0, 0.05) is 17.6 Å². The predicted molar refractivity (Wildman–Crippen MR) is 61.4 cm³/mol. The van der Waals surface area contributed by atoms with Crippen LogP contribution in [-0.4, -0.2) is 37.0 Å². The van der Waals surface area contributed by atoms with Gasteiger partial charge in [0.05, 0.1) is 6.10 Å². The topological polar surface area (TPSA) is 57.6 Å². The van der Waals surface area contributed by atoms with E-state index in [2.05, 4.69) is 15.9 Å². The summed E-state index contributed by atoms with van der Waals surface area (Å²) in [6.45, 7) is 0.598. The zero-order chi connectivity index (χ0) is 11.1. The van der Waals surface area contributed by atoms with Crippen molar-refractivity contribution < 1.29 is 13.5 Å². The van der Waals surface area contributed by atoms with Crippen LogP contribution < -0.4 is 0 Å². The minimum atomic E-state index is -3.41. The first-order valence-electron chi connectivity index (χ1n) is 4.43. The molecule has 15 heavy (non-hydrogen) atoms. The molecule has 1 aliphatic heterocycles. The number of β-amino-alcohol motifs (C(OH)–C–C–N with tert-alkyl or cyclic N) is 1. The maximum Gasteiger partial charge on any atom is 0.253 e. The third-order valence-electron chi connectivity index (χ3n) is 2.28. The van der Waals surface area contributed by atoms with E-state index in [4.69, 9.17) is 0 Å². The van der Waals surface area contributed by atoms with Gasteiger partial charge >= 0.3 is 0 Å². The Bertz CT molecular complexity index is 456. The summed E-state index contributed by atoms with van der Waals surface area (Å²) >= 11 is 4.39. The second-order valence-corrected chi connectivity index (χ2v) is 7.27. The fourth-order valence-electron chi connectivity index (χ4n) is 1.51. The van der Waals surface area contributed by atoms with Crippen LogP contribution in [0.25, 0.3) is 0 Å². The Morgan fingerprint density at radius 2 is 2.33 bits per heavy atom. The van der Waals surface area contributed by atoms with E-state index in [1.54, 1.807) is 11.4 Å². The fraction of sp³-hybridized carbons (Fsp3) is 0.500. The summed E-state index contributed by atoms with van der Waals surface area (Å²) < 4.78 is 26.3. The minimum Gasteiger partial charge on any atom is -0.392 e. The Hall–Kier alpha value is 0.0500. The first-order chi connectivity index (χ1) is 7.01. The van der Waals surface area contributed by atoms with Gasteiger partial charge in [0.2, 0.25) is 0 Å². The van der Waals surface area contributed by atoms with E-state index in [1.807, 2.05) is 0 Å². The standard InChI is InChI=1S/C8H10BrNO3S2/c9-7-2-4-14-8(7)15(12,13)10-3-1-6(11)5-10/h2,4,6,11H,1,3,5H2/t6-/m0/s1. The molecule has 0 unspecified atom stereocenters. The van der Waals surface area contributed by atoms with Crippen LogP contribution in [0.3, 0.4) is 0 Å². The molecule has 0 amide bonds. The number of sulfonamides is 1. The van der Waals surface area contributed by atoms with E-state index in [1.165, 1.54) is 15.6 Å². The van der Waals surface area contributed by atoms with Gasteiger partial charge in [0.15, 0.2) is 0 Å². The van der Waals surface area contributed by atoms with E-state index in [0.29, 0.717) is 21.6 Å². The Morgan fingerprint density at radius 1 is 1.60 bits per heavy atom. The van der Waals surface area contributed by atoms with Crippen LogP contribution in [0.15, 0.2) is 20.1 Å². The maximum absolute atomic E-state index is 12.1. The lowest BCUT2D eigenvalue weighted by Gasteiger charge is -2.14. The Balaban J connectivity index is 2.32. The highest BCUT2D eigenvalue weighted by molar-refractivity contribution is 9.10. The van der Waals surface area contributed by atoms with Crippen molar-refractivity contribution in [3.05, 3.63) is 15.9 Å². The molecule has 2 rings (SSSR count). The van der Waals surface area contributed by atoms with Crippen LogP contribution in [0, 0.1) is 0 Å². The molecule has 0 saturated carbocycles. The molecule has 0 bridgehead atoms. The van der Waals surface area contributed by atoms with E-state index >= 15 is 0 Å². The van der Waals surface area contributed by atoms with E-state index in [-0.39, 0.29) is 6.54 Å². The first kappa shape index (κ1) is 11.5. The predicted octanol–water partition coefficient (Wildman–Crippen LogP) is 1.27. The second kappa shape index (κ2) is 4.14. The number of aliphatic hydroxyl groups is 1. The van der Waals surface area contributed by atoms with E-state index in [0.717, 1.165) is 0 Å². The van der Waals surface area contributed by atoms with Gasteiger partial charge in [-0.05, 0) is 33.8 Å². The molecular weight excluding hydrogens is 302 g/mol. The molecule has 1 aromatic rings. The number of hydrogen-bond donors (Lipinski definition) is 1. The number of halogens is 1. The van der Waals surface area contributed by atoms with Crippen molar-refractivity contribution in [1.82, 2.24) is 4.31 Å². The molecule has 4 nitrogen and oxygen atoms in total. The maximum atomic E-state index is 12.1. The highest BCUT2D eigenvalue weighted by atomic mass is 79.9. The van der Waals surface area contributed by atoms with Crippen LogP contribution in [-0.2, 0) is 10.0 Å². The SMILES string of the molecule is O=S(=O)(c1sccc1Br)N1CC[C@H](O)C1. The van der Waals surface area contributed by atoms with Gasteiger partial charge in [0.1, 0.15) is 4.21 Å².